The van der Waals surface area contributed by atoms with Crippen LogP contribution in [0.4, 0.5) is 0 Å². The molecule has 0 radical (unpaired) electrons. The number of benzene rings is 4. The molecule has 54 heavy (non-hydrogen) atoms. The van der Waals surface area contributed by atoms with Crippen molar-refractivity contribution in [2.45, 2.75) is 105 Å². The van der Waals surface area contributed by atoms with Crippen LogP contribution in [0.15, 0.2) is 120 Å². The van der Waals surface area contributed by atoms with Crippen molar-refractivity contribution in [1.82, 2.24) is 0 Å². The quantitative estimate of drug-likeness (QED) is 0.164. The van der Waals surface area contributed by atoms with Crippen LogP contribution in [0.1, 0.15) is 116 Å². The molecule has 0 N–H and O–H groups in total. The molecule has 0 aliphatic heterocycles. The van der Waals surface area contributed by atoms with Gasteiger partial charge in [-0.15, -0.1) is 46.7 Å². The molecule has 1 atom stereocenters. The fraction of sp³-hybridized carbons (Fsp3) is 0.412. The van der Waals surface area contributed by atoms with Crippen molar-refractivity contribution in [2.75, 3.05) is 0 Å². The van der Waals surface area contributed by atoms with Crippen LogP contribution in [-0.4, -0.2) is 3.21 Å². The molecule has 10 rings (SSSR count). The van der Waals surface area contributed by atoms with Gasteiger partial charge >= 0.3 is 99.2 Å². The third-order valence-corrected chi connectivity index (χ3v) is 13.8. The summed E-state index contributed by atoms with van der Waals surface area (Å²) < 4.78 is 1.42. The third-order valence-electron chi connectivity index (χ3n) is 12.4. The van der Waals surface area contributed by atoms with Crippen LogP contribution in [0.3, 0.4) is 0 Å². The number of allylic oxidation sites excluding steroid dienone is 4. The van der Waals surface area contributed by atoms with Gasteiger partial charge in [-0.3, -0.25) is 6.08 Å². The van der Waals surface area contributed by atoms with E-state index in [1.807, 2.05) is 0 Å². The maximum absolute atomic E-state index is 3.78. The summed E-state index contributed by atoms with van der Waals surface area (Å²) in [6.07, 6.45) is 15.3. The average molecular weight is 833 g/mol. The molecule has 5 aliphatic carbocycles. The fourth-order valence-electron chi connectivity index (χ4n) is 10.2. The zero-order valence-corrected chi connectivity index (χ0v) is 37.7. The summed E-state index contributed by atoms with van der Waals surface area (Å²) in [6.45, 7) is 18.2. The van der Waals surface area contributed by atoms with E-state index < -0.39 is 0 Å². The summed E-state index contributed by atoms with van der Waals surface area (Å²) in [4.78, 5) is 0. The summed E-state index contributed by atoms with van der Waals surface area (Å²) in [5.74, 6) is 3.73. The number of hydrogen-bond acceptors (Lipinski definition) is 0. The molecule has 5 aliphatic rings. The first kappa shape index (κ1) is 42.7. The van der Waals surface area contributed by atoms with Crippen LogP contribution in [0.25, 0.3) is 21.5 Å². The Kier molecular flexibility index (Phi) is 13.4. The normalized spacial score (nSPS) is 24.0. The van der Waals surface area contributed by atoms with E-state index in [2.05, 4.69) is 171 Å². The van der Waals surface area contributed by atoms with Gasteiger partial charge in [-0.25, -0.2) is 11.1 Å². The van der Waals surface area contributed by atoms with Crippen molar-refractivity contribution in [3.05, 3.63) is 149 Å². The molecular formula is C51H58Cl2Zr-2. The Hall–Kier alpha value is -2.44. The van der Waals surface area contributed by atoms with Gasteiger partial charge < -0.3 is 24.8 Å². The van der Waals surface area contributed by atoms with Crippen molar-refractivity contribution in [3.8, 4) is 0 Å². The maximum atomic E-state index is 3.78. The molecule has 4 saturated carbocycles. The molecule has 0 amide bonds. The van der Waals surface area contributed by atoms with E-state index in [0.717, 1.165) is 17.8 Å². The van der Waals surface area contributed by atoms with Crippen molar-refractivity contribution < 1.29 is 49.0 Å². The summed E-state index contributed by atoms with van der Waals surface area (Å²) in [5.41, 5.74) is 9.64. The van der Waals surface area contributed by atoms with Crippen LogP contribution >= 0.6 is 0 Å². The third kappa shape index (κ3) is 9.23. The van der Waals surface area contributed by atoms with Gasteiger partial charge in [0.15, 0.2) is 0 Å². The molecule has 0 aromatic heterocycles. The summed E-state index contributed by atoms with van der Waals surface area (Å²) >= 11 is 1.46. The molecule has 4 fully saturated rings. The Morgan fingerprint density at radius 3 is 1.41 bits per heavy atom. The average Bonchev–Trinajstić information content (AvgIpc) is 3.66. The topological polar surface area (TPSA) is 0 Å². The predicted octanol–water partition coefficient (Wildman–Crippen LogP) is 7.65. The predicted molar refractivity (Wildman–Crippen MR) is 221 cm³/mol. The SMILES string of the molecule is CC(C)(C)c1ccc2c(c1)[cH-]c1cc(C(C)(C)C)ccc12.CC1=CC(C)[C-]=C1C12CC3CC(CC(C3)C1)C2.[Cl-].[Cl-].[Zr+2]=[C](c1ccccc1)c1ccccc1. The van der Waals surface area contributed by atoms with Crippen LogP contribution in [0.5, 0.6) is 0 Å². The molecule has 0 saturated heterocycles. The summed E-state index contributed by atoms with van der Waals surface area (Å²) in [6, 6.07) is 37.3. The Bertz CT molecular complexity index is 1970. The number of hydrogen-bond donors (Lipinski definition) is 0. The van der Waals surface area contributed by atoms with Gasteiger partial charge in [-0.05, 0) is 72.5 Å². The molecule has 0 heterocycles. The molecule has 5 aromatic rings. The van der Waals surface area contributed by atoms with E-state index in [1.54, 1.807) is 30.4 Å². The molecule has 5 aromatic carbocycles. The second-order valence-corrected chi connectivity index (χ2v) is 19.9. The number of rotatable bonds is 3. The van der Waals surface area contributed by atoms with Crippen LogP contribution in [0.2, 0.25) is 0 Å². The molecular weight excluding hydrogens is 775 g/mol. The van der Waals surface area contributed by atoms with Crippen molar-refractivity contribution in [2.24, 2.45) is 29.1 Å². The fourth-order valence-corrected chi connectivity index (χ4v) is 11.0. The van der Waals surface area contributed by atoms with Gasteiger partial charge in [-0.1, -0.05) is 89.8 Å². The minimum absolute atomic E-state index is 0. The summed E-state index contributed by atoms with van der Waals surface area (Å²) in [5, 5.41) is 5.48. The zero-order valence-electron chi connectivity index (χ0n) is 33.7. The van der Waals surface area contributed by atoms with Crippen molar-refractivity contribution in [3.63, 3.8) is 0 Å². The number of halogens is 2. The first-order valence-electron chi connectivity index (χ1n) is 19.8. The van der Waals surface area contributed by atoms with Gasteiger partial charge in [0.25, 0.3) is 0 Å². The van der Waals surface area contributed by atoms with E-state index >= 15 is 0 Å². The standard InChI is InChI=1S/C21H25.C17H23.C13H10.2ClH.Zr/c1-20(2,3)16-7-9-18-14(12-16)11-15-13-17(21(4,5)6)8-10-19(15)18;1-11-3-12(2)16(4-11)17-8-13-5-14(9-17)7-15(6-13)10-17;1-3-7-12(8-4-1)11-13-9-5-2-6-10-13;;;/h7-13H,1-6H3;3,11,13-15H,5-10H2,1-2H3;1-10H;2*1H;/q2*-1;;;;+2/p-2. The van der Waals surface area contributed by atoms with E-state index in [4.69, 9.17) is 0 Å². The van der Waals surface area contributed by atoms with Gasteiger partial charge in [0.05, 0.1) is 0 Å². The van der Waals surface area contributed by atoms with E-state index in [1.165, 1.54) is 90.5 Å². The first-order chi connectivity index (χ1) is 24.7. The zero-order chi connectivity index (χ0) is 36.8. The molecule has 1 unspecified atom stereocenters. The summed E-state index contributed by atoms with van der Waals surface area (Å²) in [7, 11) is 0. The monoisotopic (exact) mass is 830 g/mol. The first-order valence-corrected chi connectivity index (χ1v) is 21.1. The van der Waals surface area contributed by atoms with Crippen molar-refractivity contribution >= 4 is 24.8 Å². The molecule has 0 spiro atoms. The van der Waals surface area contributed by atoms with E-state index in [9.17, 15) is 0 Å². The van der Waals surface area contributed by atoms with Gasteiger partial charge in [-0.2, -0.15) is 6.08 Å². The minimum atomic E-state index is 0. The Labute approximate surface area is 353 Å². The number of fused-ring (bicyclic) bond motifs is 3. The van der Waals surface area contributed by atoms with E-state index in [-0.39, 0.29) is 35.6 Å². The van der Waals surface area contributed by atoms with Gasteiger partial charge in [0.1, 0.15) is 0 Å². The van der Waals surface area contributed by atoms with Gasteiger partial charge in [0, 0.05) is 0 Å². The Balaban J connectivity index is 0.000000156. The van der Waals surface area contributed by atoms with Crippen LogP contribution in [-0.2, 0) is 35.1 Å². The van der Waals surface area contributed by atoms with Gasteiger partial charge in [0.2, 0.25) is 0 Å². The molecule has 4 bridgehead atoms. The van der Waals surface area contributed by atoms with Crippen molar-refractivity contribution in [1.29, 1.82) is 0 Å². The molecule has 3 heteroatoms. The van der Waals surface area contributed by atoms with Crippen LogP contribution < -0.4 is 24.8 Å². The van der Waals surface area contributed by atoms with E-state index in [0.29, 0.717) is 11.3 Å². The molecule has 282 valence electrons. The second-order valence-electron chi connectivity index (χ2n) is 18.7. The Morgan fingerprint density at radius 1 is 0.648 bits per heavy atom. The van der Waals surface area contributed by atoms with Crippen LogP contribution in [0, 0.1) is 35.2 Å². The second kappa shape index (κ2) is 17.0. The Morgan fingerprint density at radius 2 is 1.06 bits per heavy atom. The molecule has 0 nitrogen and oxygen atoms in total.